The topological polar surface area (TPSA) is 38.9 Å². The van der Waals surface area contributed by atoms with Crippen LogP contribution in [0.3, 0.4) is 0 Å². The minimum absolute atomic E-state index is 0.211. The fourth-order valence-corrected chi connectivity index (χ4v) is 2.92. The fraction of sp³-hybridized carbons (Fsp3) is 0.308. The molecule has 0 saturated carbocycles. The monoisotopic (exact) mass is 250 g/mol. The van der Waals surface area contributed by atoms with E-state index in [9.17, 15) is 4.39 Å². The molecule has 0 unspecified atom stereocenters. The van der Waals surface area contributed by atoms with E-state index in [-0.39, 0.29) is 5.82 Å². The first-order valence-corrected chi connectivity index (χ1v) is 6.42. The maximum Gasteiger partial charge on any atom is 0.124 e. The highest BCUT2D eigenvalue weighted by atomic mass is 32.1. The molecule has 2 nitrogen and oxygen atoms in total. The molecule has 0 bridgehead atoms. The number of rotatable bonds is 3. The fourth-order valence-electron chi connectivity index (χ4n) is 1.80. The molecule has 0 aliphatic heterocycles. The number of hydrogen-bond acceptors (Lipinski definition) is 3. The van der Waals surface area contributed by atoms with Gasteiger partial charge in [-0.3, -0.25) is 0 Å². The van der Waals surface area contributed by atoms with Gasteiger partial charge in [0.25, 0.3) is 0 Å². The highest BCUT2D eigenvalue weighted by molar-refractivity contribution is 7.15. The molecule has 1 heterocycles. The summed E-state index contributed by atoms with van der Waals surface area (Å²) in [4.78, 5) is 5.69. The van der Waals surface area contributed by atoms with E-state index < -0.39 is 0 Å². The van der Waals surface area contributed by atoms with Crippen molar-refractivity contribution < 1.29 is 4.39 Å². The van der Waals surface area contributed by atoms with Crippen LogP contribution in [-0.2, 0) is 13.0 Å². The van der Waals surface area contributed by atoms with Crippen LogP contribution < -0.4 is 5.73 Å². The maximum atomic E-state index is 13.0. The van der Waals surface area contributed by atoms with E-state index in [1.54, 1.807) is 17.4 Å². The summed E-state index contributed by atoms with van der Waals surface area (Å²) in [7, 11) is 0. The van der Waals surface area contributed by atoms with E-state index in [1.165, 1.54) is 12.1 Å². The van der Waals surface area contributed by atoms with Gasteiger partial charge in [-0.25, -0.2) is 9.37 Å². The van der Waals surface area contributed by atoms with E-state index in [2.05, 4.69) is 11.9 Å². The number of thiazole rings is 1. The standard InChI is InChI=1S/C13H15FN2S/c1-3-11-12(7-15)17-13(16-11)10-5-4-9(14)6-8(10)2/h4-6H,3,7,15H2,1-2H3. The lowest BCUT2D eigenvalue weighted by Crippen LogP contribution is -1.96. The molecule has 4 heteroatoms. The molecule has 2 rings (SSSR count). The van der Waals surface area contributed by atoms with Gasteiger partial charge in [0.2, 0.25) is 0 Å². The molecule has 0 spiro atoms. The summed E-state index contributed by atoms with van der Waals surface area (Å²) in [6, 6.07) is 4.78. The van der Waals surface area contributed by atoms with E-state index in [0.29, 0.717) is 6.54 Å². The van der Waals surface area contributed by atoms with Crippen molar-refractivity contribution in [1.29, 1.82) is 0 Å². The van der Waals surface area contributed by atoms with Gasteiger partial charge in [-0.15, -0.1) is 11.3 Å². The van der Waals surface area contributed by atoms with Crippen LogP contribution in [0.1, 0.15) is 23.1 Å². The van der Waals surface area contributed by atoms with Crippen LogP contribution >= 0.6 is 11.3 Å². The Balaban J connectivity index is 2.49. The summed E-state index contributed by atoms with van der Waals surface area (Å²) >= 11 is 1.60. The molecule has 0 atom stereocenters. The zero-order valence-electron chi connectivity index (χ0n) is 9.96. The second-order valence-electron chi connectivity index (χ2n) is 3.91. The zero-order chi connectivity index (χ0) is 12.4. The first kappa shape index (κ1) is 12.2. The van der Waals surface area contributed by atoms with Crippen molar-refractivity contribution >= 4 is 11.3 Å². The van der Waals surface area contributed by atoms with Crippen LogP contribution in [0, 0.1) is 12.7 Å². The molecule has 0 saturated heterocycles. The first-order chi connectivity index (χ1) is 8.15. The van der Waals surface area contributed by atoms with E-state index in [4.69, 9.17) is 5.73 Å². The Morgan fingerprint density at radius 3 is 2.71 bits per heavy atom. The van der Waals surface area contributed by atoms with Crippen LogP contribution in [0.2, 0.25) is 0 Å². The molecule has 2 aromatic rings. The summed E-state index contributed by atoms with van der Waals surface area (Å²) in [6.07, 6.45) is 0.878. The van der Waals surface area contributed by atoms with E-state index in [0.717, 1.165) is 33.1 Å². The van der Waals surface area contributed by atoms with Gasteiger partial charge in [0.15, 0.2) is 0 Å². The first-order valence-electron chi connectivity index (χ1n) is 5.60. The Hall–Kier alpha value is -1.26. The Kier molecular flexibility index (Phi) is 3.54. The third-order valence-corrected chi connectivity index (χ3v) is 3.87. The van der Waals surface area contributed by atoms with E-state index in [1.807, 2.05) is 6.92 Å². The van der Waals surface area contributed by atoms with Gasteiger partial charge >= 0.3 is 0 Å². The second kappa shape index (κ2) is 4.94. The molecule has 0 aliphatic carbocycles. The molecule has 2 N–H and O–H groups in total. The van der Waals surface area contributed by atoms with E-state index >= 15 is 0 Å². The Morgan fingerprint density at radius 2 is 2.18 bits per heavy atom. The summed E-state index contributed by atoms with van der Waals surface area (Å²) in [6.45, 7) is 4.48. The van der Waals surface area contributed by atoms with Crippen molar-refractivity contribution in [2.75, 3.05) is 0 Å². The van der Waals surface area contributed by atoms with Crippen molar-refractivity contribution in [3.8, 4) is 10.6 Å². The largest absolute Gasteiger partial charge is 0.326 e. The van der Waals surface area contributed by atoms with Gasteiger partial charge in [-0.05, 0) is 37.1 Å². The third kappa shape index (κ3) is 2.37. The summed E-state index contributed by atoms with van der Waals surface area (Å²) in [5, 5.41) is 0.930. The van der Waals surface area contributed by atoms with Crippen molar-refractivity contribution in [3.63, 3.8) is 0 Å². The third-order valence-electron chi connectivity index (χ3n) is 2.72. The molecule has 1 aromatic heterocycles. The molecule has 0 amide bonds. The van der Waals surface area contributed by atoms with Gasteiger partial charge in [-0.2, -0.15) is 0 Å². The number of halogens is 1. The molecule has 0 aliphatic rings. The van der Waals surface area contributed by atoms with Crippen LogP contribution in [0.5, 0.6) is 0 Å². The number of hydrogen-bond donors (Lipinski definition) is 1. The van der Waals surface area contributed by atoms with Crippen LogP contribution in [0.25, 0.3) is 10.6 Å². The van der Waals surface area contributed by atoms with Crippen molar-refractivity contribution in [2.24, 2.45) is 5.73 Å². The lowest BCUT2D eigenvalue weighted by Gasteiger charge is -2.01. The minimum atomic E-state index is -0.211. The lowest BCUT2D eigenvalue weighted by atomic mass is 10.1. The Bertz CT molecular complexity index is 513. The van der Waals surface area contributed by atoms with Crippen molar-refractivity contribution in [2.45, 2.75) is 26.8 Å². The predicted molar refractivity (Wildman–Crippen MR) is 69.5 cm³/mol. The minimum Gasteiger partial charge on any atom is -0.326 e. The number of nitrogens with zero attached hydrogens (tertiary/aromatic N) is 1. The average molecular weight is 250 g/mol. The van der Waals surface area contributed by atoms with Crippen molar-refractivity contribution in [1.82, 2.24) is 4.98 Å². The second-order valence-corrected chi connectivity index (χ2v) is 4.99. The average Bonchev–Trinajstić information content (AvgIpc) is 2.72. The smallest absolute Gasteiger partial charge is 0.124 e. The number of benzene rings is 1. The molecule has 17 heavy (non-hydrogen) atoms. The Labute approximate surface area is 104 Å². The van der Waals surface area contributed by atoms with Gasteiger partial charge in [0.1, 0.15) is 10.8 Å². The molecule has 0 radical (unpaired) electrons. The quantitative estimate of drug-likeness (QED) is 0.908. The van der Waals surface area contributed by atoms with Gasteiger partial charge in [0, 0.05) is 17.0 Å². The molecular formula is C13H15FN2S. The van der Waals surface area contributed by atoms with Crippen LogP contribution in [0.4, 0.5) is 4.39 Å². The summed E-state index contributed by atoms with van der Waals surface area (Å²) < 4.78 is 13.0. The van der Waals surface area contributed by atoms with Crippen LogP contribution in [0.15, 0.2) is 18.2 Å². The highest BCUT2D eigenvalue weighted by Crippen LogP contribution is 2.30. The molecule has 0 fully saturated rings. The predicted octanol–water partition coefficient (Wildman–Crippen LogP) is 3.28. The number of nitrogens with two attached hydrogens (primary N) is 1. The number of aromatic nitrogens is 1. The van der Waals surface area contributed by atoms with Gasteiger partial charge in [0.05, 0.1) is 5.69 Å². The summed E-state index contributed by atoms with van der Waals surface area (Å²) in [5.41, 5.74) is 8.64. The lowest BCUT2D eigenvalue weighted by molar-refractivity contribution is 0.627. The molecule has 90 valence electrons. The van der Waals surface area contributed by atoms with Gasteiger partial charge in [-0.1, -0.05) is 6.92 Å². The summed E-state index contributed by atoms with van der Waals surface area (Å²) in [5.74, 6) is -0.211. The Morgan fingerprint density at radius 1 is 1.41 bits per heavy atom. The normalized spacial score (nSPS) is 10.8. The maximum absolute atomic E-state index is 13.0. The molecular weight excluding hydrogens is 235 g/mol. The van der Waals surface area contributed by atoms with Gasteiger partial charge < -0.3 is 5.73 Å². The van der Waals surface area contributed by atoms with Crippen LogP contribution in [-0.4, -0.2) is 4.98 Å². The number of aryl methyl sites for hydroxylation is 2. The molecule has 1 aromatic carbocycles. The van der Waals surface area contributed by atoms with Crippen molar-refractivity contribution in [3.05, 3.63) is 40.2 Å². The highest BCUT2D eigenvalue weighted by Gasteiger charge is 2.12. The SMILES string of the molecule is CCc1nc(-c2ccc(F)cc2C)sc1CN. The zero-order valence-corrected chi connectivity index (χ0v) is 10.8.